The molecule has 0 saturated carbocycles. The molecule has 0 spiro atoms. The smallest absolute Gasteiger partial charge is 0.342 e. The van der Waals surface area contributed by atoms with E-state index in [1.165, 1.54) is 0 Å². The standard InChI is InChI=1S/C19H20ClN2O5P/c1-11(2)26-28(24,27-12(3)4)18(13(9-21)10-22)16-17(20)14-7-5-6-8-15(14)25-19(16)23/h5-8,11-13,18H,1-4H3. The predicted octanol–water partition coefficient (Wildman–Crippen LogP) is 5.19. The predicted molar refractivity (Wildman–Crippen MR) is 105 cm³/mol. The zero-order valence-electron chi connectivity index (χ0n) is 15.9. The molecule has 0 saturated heterocycles. The number of benzene rings is 1. The van der Waals surface area contributed by atoms with Crippen molar-refractivity contribution in [2.75, 3.05) is 0 Å². The van der Waals surface area contributed by atoms with Crippen molar-refractivity contribution in [1.82, 2.24) is 0 Å². The van der Waals surface area contributed by atoms with Crippen molar-refractivity contribution in [3.63, 3.8) is 0 Å². The summed E-state index contributed by atoms with van der Waals surface area (Å²) in [4.78, 5) is 12.7. The molecule has 0 N–H and O–H groups in total. The summed E-state index contributed by atoms with van der Waals surface area (Å²) in [6.45, 7) is 6.52. The summed E-state index contributed by atoms with van der Waals surface area (Å²) >= 11 is 6.47. The number of hydrogen-bond donors (Lipinski definition) is 0. The molecule has 0 bridgehead atoms. The fraction of sp³-hybridized carbons (Fsp3) is 0.421. The number of rotatable bonds is 7. The van der Waals surface area contributed by atoms with Crippen LogP contribution < -0.4 is 5.63 Å². The molecule has 2 aromatic rings. The molecule has 1 atom stereocenters. The molecule has 1 unspecified atom stereocenters. The number of halogens is 1. The fourth-order valence-corrected chi connectivity index (χ4v) is 5.76. The van der Waals surface area contributed by atoms with Crippen LogP contribution in [0.4, 0.5) is 0 Å². The molecule has 148 valence electrons. The van der Waals surface area contributed by atoms with Gasteiger partial charge in [0.05, 0.1) is 34.9 Å². The van der Waals surface area contributed by atoms with Crippen LogP contribution in [-0.2, 0) is 13.6 Å². The third-order valence-corrected chi connectivity index (χ3v) is 6.80. The van der Waals surface area contributed by atoms with Gasteiger partial charge < -0.3 is 13.5 Å². The zero-order chi connectivity index (χ0) is 21.1. The van der Waals surface area contributed by atoms with Crippen molar-refractivity contribution in [3.8, 4) is 12.1 Å². The van der Waals surface area contributed by atoms with E-state index < -0.39 is 37.0 Å². The molecule has 7 nitrogen and oxygen atoms in total. The lowest BCUT2D eigenvalue weighted by Crippen LogP contribution is -2.23. The summed E-state index contributed by atoms with van der Waals surface area (Å²) in [6.07, 6.45) is -1.12. The molecule has 0 radical (unpaired) electrons. The molecular weight excluding hydrogens is 403 g/mol. The number of para-hydroxylation sites is 1. The Kier molecular flexibility index (Phi) is 7.04. The number of nitrogens with zero attached hydrogens (tertiary/aromatic N) is 2. The molecule has 28 heavy (non-hydrogen) atoms. The van der Waals surface area contributed by atoms with Gasteiger partial charge in [-0.3, -0.25) is 4.57 Å². The van der Waals surface area contributed by atoms with Crippen LogP contribution in [-0.4, -0.2) is 12.2 Å². The minimum atomic E-state index is -4.17. The van der Waals surface area contributed by atoms with Gasteiger partial charge in [-0.05, 0) is 39.8 Å². The van der Waals surface area contributed by atoms with Crippen molar-refractivity contribution in [1.29, 1.82) is 10.5 Å². The van der Waals surface area contributed by atoms with Gasteiger partial charge in [0.25, 0.3) is 0 Å². The Hall–Kier alpha value is -2.15. The molecule has 1 aromatic heterocycles. The highest BCUT2D eigenvalue weighted by molar-refractivity contribution is 7.54. The van der Waals surface area contributed by atoms with Crippen molar-refractivity contribution in [3.05, 3.63) is 45.3 Å². The average Bonchev–Trinajstić information content (AvgIpc) is 2.59. The number of fused-ring (bicyclic) bond motifs is 1. The van der Waals surface area contributed by atoms with Gasteiger partial charge in [-0.1, -0.05) is 23.7 Å². The van der Waals surface area contributed by atoms with E-state index in [2.05, 4.69) is 0 Å². The van der Waals surface area contributed by atoms with Crippen LogP contribution in [0, 0.1) is 28.6 Å². The van der Waals surface area contributed by atoms with Crippen LogP contribution in [0.15, 0.2) is 33.5 Å². The summed E-state index contributed by atoms with van der Waals surface area (Å²) in [5, 5.41) is 19.3. The summed E-state index contributed by atoms with van der Waals surface area (Å²) < 4.78 is 30.2. The SMILES string of the molecule is CC(C)OP(=O)(OC(C)C)C(c1c(Cl)c2ccccc2oc1=O)C(C#N)C#N. The maximum atomic E-state index is 13.7. The second kappa shape index (κ2) is 8.90. The minimum absolute atomic E-state index is 0.0488. The lowest BCUT2D eigenvalue weighted by molar-refractivity contribution is 0.134. The first-order chi connectivity index (χ1) is 13.1. The quantitative estimate of drug-likeness (QED) is 0.445. The largest absolute Gasteiger partial charge is 0.422 e. The highest BCUT2D eigenvalue weighted by Crippen LogP contribution is 2.65. The summed E-state index contributed by atoms with van der Waals surface area (Å²) in [5.74, 6) is -1.51. The van der Waals surface area contributed by atoms with E-state index in [9.17, 15) is 19.9 Å². The molecule has 0 aliphatic carbocycles. The van der Waals surface area contributed by atoms with E-state index in [4.69, 9.17) is 25.1 Å². The van der Waals surface area contributed by atoms with E-state index in [1.54, 1.807) is 64.1 Å². The normalized spacial score (nSPS) is 13.1. The molecule has 0 fully saturated rings. The van der Waals surface area contributed by atoms with Crippen molar-refractivity contribution in [2.24, 2.45) is 5.92 Å². The molecule has 1 aromatic carbocycles. The van der Waals surface area contributed by atoms with Crippen molar-refractivity contribution >= 4 is 30.2 Å². The Morgan fingerprint density at radius 3 is 2.11 bits per heavy atom. The van der Waals surface area contributed by atoms with E-state index >= 15 is 0 Å². The Labute approximate surface area is 168 Å². The molecule has 2 rings (SSSR count). The third kappa shape index (κ3) is 4.46. The average molecular weight is 423 g/mol. The van der Waals surface area contributed by atoms with Gasteiger partial charge in [-0.25, -0.2) is 4.79 Å². The summed E-state index contributed by atoms with van der Waals surface area (Å²) in [5.41, 5.74) is -2.46. The van der Waals surface area contributed by atoms with Crippen LogP contribution in [0.2, 0.25) is 5.02 Å². The van der Waals surface area contributed by atoms with E-state index in [-0.39, 0.29) is 16.2 Å². The maximum absolute atomic E-state index is 13.7. The maximum Gasteiger partial charge on any atom is 0.342 e. The van der Waals surface area contributed by atoms with Gasteiger partial charge in [0.2, 0.25) is 0 Å². The Morgan fingerprint density at radius 2 is 1.61 bits per heavy atom. The van der Waals surface area contributed by atoms with Gasteiger partial charge in [0, 0.05) is 5.39 Å². The van der Waals surface area contributed by atoms with Gasteiger partial charge >= 0.3 is 13.2 Å². The van der Waals surface area contributed by atoms with E-state index in [0.717, 1.165) is 0 Å². The summed E-state index contributed by atoms with van der Waals surface area (Å²) in [6, 6.07) is 10.1. The van der Waals surface area contributed by atoms with Gasteiger partial charge in [-0.15, -0.1) is 0 Å². The Morgan fingerprint density at radius 1 is 1.07 bits per heavy atom. The molecule has 1 heterocycles. The molecule has 0 aliphatic heterocycles. The monoisotopic (exact) mass is 422 g/mol. The van der Waals surface area contributed by atoms with Crippen molar-refractivity contribution < 1.29 is 18.0 Å². The topological polar surface area (TPSA) is 113 Å². The first-order valence-electron chi connectivity index (χ1n) is 8.61. The first-order valence-corrected chi connectivity index (χ1v) is 10.6. The highest BCUT2D eigenvalue weighted by atomic mass is 35.5. The van der Waals surface area contributed by atoms with Crippen LogP contribution in [0.3, 0.4) is 0 Å². The zero-order valence-corrected chi connectivity index (χ0v) is 17.5. The second-order valence-electron chi connectivity index (χ2n) is 6.64. The minimum Gasteiger partial charge on any atom is -0.422 e. The molecule has 0 amide bonds. The van der Waals surface area contributed by atoms with Crippen LogP contribution >= 0.6 is 19.2 Å². The molecule has 0 aliphatic rings. The Balaban J connectivity index is 2.87. The molecular formula is C19H20ClN2O5P. The second-order valence-corrected chi connectivity index (χ2v) is 9.08. The van der Waals surface area contributed by atoms with E-state index in [0.29, 0.717) is 5.39 Å². The van der Waals surface area contributed by atoms with Gasteiger partial charge in [0.15, 0.2) is 5.92 Å². The molecule has 9 heteroatoms. The van der Waals surface area contributed by atoms with Crippen LogP contribution in [0.1, 0.15) is 38.9 Å². The number of hydrogen-bond acceptors (Lipinski definition) is 7. The van der Waals surface area contributed by atoms with Crippen LogP contribution in [0.5, 0.6) is 0 Å². The lowest BCUT2D eigenvalue weighted by Gasteiger charge is -2.30. The van der Waals surface area contributed by atoms with Crippen molar-refractivity contribution in [2.45, 2.75) is 45.6 Å². The Bertz CT molecular complexity index is 1020. The number of nitriles is 2. The lowest BCUT2D eigenvalue weighted by atomic mass is 10.0. The van der Waals surface area contributed by atoms with Gasteiger partial charge in [0.1, 0.15) is 11.2 Å². The fourth-order valence-electron chi connectivity index (χ4n) is 2.80. The third-order valence-electron chi connectivity index (χ3n) is 3.73. The first kappa shape index (κ1) is 22.1. The van der Waals surface area contributed by atoms with Gasteiger partial charge in [-0.2, -0.15) is 10.5 Å². The van der Waals surface area contributed by atoms with E-state index in [1.807, 2.05) is 0 Å². The highest BCUT2D eigenvalue weighted by Gasteiger charge is 2.47. The van der Waals surface area contributed by atoms with Crippen LogP contribution in [0.25, 0.3) is 11.0 Å². The summed E-state index contributed by atoms with van der Waals surface area (Å²) in [7, 11) is -4.17.